The molecule has 0 spiro atoms. The zero-order valence-corrected chi connectivity index (χ0v) is 17.5. The summed E-state index contributed by atoms with van der Waals surface area (Å²) in [6.07, 6.45) is 1.90. The Bertz CT molecular complexity index is 956. The molecular weight excluding hydrogens is 426 g/mol. The Balaban J connectivity index is 1.99. The summed E-state index contributed by atoms with van der Waals surface area (Å²) in [5.41, 5.74) is 2.55. The number of hydrogen-bond acceptors (Lipinski definition) is 5. The summed E-state index contributed by atoms with van der Waals surface area (Å²) in [7, 11) is -1.98. The van der Waals surface area contributed by atoms with E-state index < -0.39 is 10.0 Å². The third-order valence-corrected chi connectivity index (χ3v) is 7.22. The maximum Gasteiger partial charge on any atom is 0.270 e. The molecular formula is C16H18BrN3O3S2. The summed E-state index contributed by atoms with van der Waals surface area (Å²) >= 11 is 4.57. The number of fused-ring (bicyclic) bond motifs is 1. The van der Waals surface area contributed by atoms with E-state index in [1.54, 1.807) is 11.8 Å². The summed E-state index contributed by atoms with van der Waals surface area (Å²) in [5.74, 6) is -0.142. The average Bonchev–Trinajstić information content (AvgIpc) is 3.04. The standard InChI is InChI=1S/C16H18BrN3O3S2/c1-9-7-11-8-12(17)5-6-13(11)20(9)15(21)14-10(2)18-16(24-14)19(3)25(4,22)23/h5-6,8-9H,7H2,1-4H3. The van der Waals surface area contributed by atoms with Gasteiger partial charge in [0.05, 0.1) is 11.9 Å². The van der Waals surface area contributed by atoms with Gasteiger partial charge in [-0.15, -0.1) is 0 Å². The topological polar surface area (TPSA) is 70.6 Å². The Labute approximate surface area is 159 Å². The third kappa shape index (κ3) is 3.32. The van der Waals surface area contributed by atoms with Crippen LogP contribution in [0.1, 0.15) is 27.9 Å². The lowest BCUT2D eigenvalue weighted by molar-refractivity contribution is 0.0984. The van der Waals surface area contributed by atoms with Gasteiger partial charge in [0.2, 0.25) is 10.0 Å². The van der Waals surface area contributed by atoms with E-state index in [0.29, 0.717) is 15.7 Å². The predicted octanol–water partition coefficient (Wildman–Crippen LogP) is 3.20. The van der Waals surface area contributed by atoms with Gasteiger partial charge >= 0.3 is 0 Å². The number of carbonyl (C=O) groups excluding carboxylic acids is 1. The Kier molecular flexibility index (Phi) is 4.67. The van der Waals surface area contributed by atoms with Crippen LogP contribution in [0.3, 0.4) is 0 Å². The Morgan fingerprint density at radius 2 is 2.12 bits per heavy atom. The van der Waals surface area contributed by atoms with Crippen LogP contribution in [-0.2, 0) is 16.4 Å². The van der Waals surface area contributed by atoms with Crippen molar-refractivity contribution in [3.05, 3.63) is 38.8 Å². The Hall–Kier alpha value is -1.45. The fourth-order valence-corrected chi connectivity index (χ4v) is 5.00. The van der Waals surface area contributed by atoms with E-state index in [-0.39, 0.29) is 11.9 Å². The van der Waals surface area contributed by atoms with Gasteiger partial charge in [-0.2, -0.15) is 0 Å². The van der Waals surface area contributed by atoms with Crippen molar-refractivity contribution in [3.8, 4) is 0 Å². The molecule has 0 aliphatic carbocycles. The second kappa shape index (κ2) is 6.37. The van der Waals surface area contributed by atoms with Crippen molar-refractivity contribution in [3.63, 3.8) is 0 Å². The van der Waals surface area contributed by atoms with Crippen molar-refractivity contribution in [2.45, 2.75) is 26.3 Å². The molecule has 0 saturated heterocycles. The lowest BCUT2D eigenvalue weighted by atomic mass is 10.1. The van der Waals surface area contributed by atoms with Crippen LogP contribution in [0.5, 0.6) is 0 Å². The van der Waals surface area contributed by atoms with Crippen molar-refractivity contribution < 1.29 is 13.2 Å². The van der Waals surface area contributed by atoms with Crippen LogP contribution in [0.25, 0.3) is 0 Å². The number of nitrogens with zero attached hydrogens (tertiary/aromatic N) is 3. The van der Waals surface area contributed by atoms with Gasteiger partial charge in [-0.3, -0.25) is 4.79 Å². The summed E-state index contributed by atoms with van der Waals surface area (Å²) in [4.78, 5) is 19.6. The van der Waals surface area contributed by atoms with Crippen LogP contribution >= 0.6 is 27.3 Å². The second-order valence-electron chi connectivity index (χ2n) is 6.14. The molecule has 3 rings (SSSR count). The highest BCUT2D eigenvalue weighted by Gasteiger charge is 2.34. The maximum absolute atomic E-state index is 13.1. The normalized spacial score (nSPS) is 16.8. The van der Waals surface area contributed by atoms with E-state index in [1.165, 1.54) is 7.05 Å². The molecule has 0 N–H and O–H groups in total. The first-order chi connectivity index (χ1) is 11.6. The van der Waals surface area contributed by atoms with Crippen molar-refractivity contribution >= 4 is 54.0 Å². The van der Waals surface area contributed by atoms with Crippen LogP contribution < -0.4 is 9.21 Å². The Morgan fingerprint density at radius 1 is 1.44 bits per heavy atom. The summed E-state index contributed by atoms with van der Waals surface area (Å²) < 4.78 is 25.5. The summed E-state index contributed by atoms with van der Waals surface area (Å²) in [6, 6.07) is 5.91. The van der Waals surface area contributed by atoms with E-state index in [0.717, 1.165) is 44.0 Å². The van der Waals surface area contributed by atoms with E-state index >= 15 is 0 Å². The molecule has 1 aliphatic rings. The van der Waals surface area contributed by atoms with Crippen LogP contribution in [0.2, 0.25) is 0 Å². The minimum absolute atomic E-state index is 0.0365. The highest BCUT2D eigenvalue weighted by molar-refractivity contribution is 9.10. The van der Waals surface area contributed by atoms with Gasteiger partial charge in [0.25, 0.3) is 5.91 Å². The van der Waals surface area contributed by atoms with Crippen molar-refractivity contribution in [2.75, 3.05) is 22.5 Å². The maximum atomic E-state index is 13.1. The predicted molar refractivity (Wildman–Crippen MR) is 104 cm³/mol. The zero-order valence-electron chi connectivity index (χ0n) is 14.3. The van der Waals surface area contributed by atoms with Gasteiger partial charge in [0.15, 0.2) is 5.13 Å². The Morgan fingerprint density at radius 3 is 2.76 bits per heavy atom. The van der Waals surface area contributed by atoms with Crippen LogP contribution in [0.4, 0.5) is 10.8 Å². The minimum Gasteiger partial charge on any atom is -0.304 e. The van der Waals surface area contributed by atoms with Crippen LogP contribution in [0, 0.1) is 6.92 Å². The number of thiazole rings is 1. The van der Waals surface area contributed by atoms with E-state index in [1.807, 2.05) is 25.1 Å². The SMILES string of the molecule is Cc1nc(N(C)S(C)(=O)=O)sc1C(=O)N1c2ccc(Br)cc2CC1C. The molecule has 1 aliphatic heterocycles. The molecule has 1 amide bonds. The molecule has 0 bridgehead atoms. The molecule has 9 heteroatoms. The number of halogens is 1. The smallest absolute Gasteiger partial charge is 0.270 e. The number of hydrogen-bond donors (Lipinski definition) is 0. The molecule has 1 atom stereocenters. The fraction of sp³-hybridized carbons (Fsp3) is 0.375. The first kappa shape index (κ1) is 18.3. The molecule has 2 heterocycles. The first-order valence-corrected chi connectivity index (χ1v) is 11.1. The van der Waals surface area contributed by atoms with Crippen LogP contribution in [-0.4, -0.2) is 38.7 Å². The number of benzene rings is 1. The van der Waals surface area contributed by atoms with E-state index in [4.69, 9.17) is 0 Å². The third-order valence-electron chi connectivity index (χ3n) is 4.22. The van der Waals surface area contributed by atoms with E-state index in [2.05, 4.69) is 20.9 Å². The lowest BCUT2D eigenvalue weighted by Crippen LogP contribution is -2.35. The van der Waals surface area contributed by atoms with Gasteiger partial charge in [0.1, 0.15) is 4.88 Å². The molecule has 0 radical (unpaired) electrons. The molecule has 1 aromatic carbocycles. The van der Waals surface area contributed by atoms with Crippen molar-refractivity contribution in [1.82, 2.24) is 4.98 Å². The highest BCUT2D eigenvalue weighted by atomic mass is 79.9. The molecule has 0 fully saturated rings. The number of anilines is 2. The fourth-order valence-electron chi connectivity index (χ4n) is 2.88. The summed E-state index contributed by atoms with van der Waals surface area (Å²) in [5, 5.41) is 0.297. The number of aryl methyl sites for hydroxylation is 1. The lowest BCUT2D eigenvalue weighted by Gasteiger charge is -2.22. The number of carbonyl (C=O) groups is 1. The molecule has 25 heavy (non-hydrogen) atoms. The second-order valence-corrected chi connectivity index (χ2v) is 10.0. The number of sulfonamides is 1. The monoisotopic (exact) mass is 443 g/mol. The minimum atomic E-state index is -3.42. The van der Waals surface area contributed by atoms with Gasteiger partial charge in [-0.05, 0) is 44.0 Å². The van der Waals surface area contributed by atoms with Crippen LogP contribution in [0.15, 0.2) is 22.7 Å². The first-order valence-electron chi connectivity index (χ1n) is 7.63. The van der Waals surface area contributed by atoms with Gasteiger partial charge in [-0.25, -0.2) is 17.7 Å². The van der Waals surface area contributed by atoms with Crippen molar-refractivity contribution in [2.24, 2.45) is 0 Å². The molecule has 1 aromatic heterocycles. The molecule has 6 nitrogen and oxygen atoms in total. The number of aromatic nitrogens is 1. The average molecular weight is 444 g/mol. The highest BCUT2D eigenvalue weighted by Crippen LogP contribution is 2.37. The molecule has 0 saturated carbocycles. The van der Waals surface area contributed by atoms with Crippen molar-refractivity contribution in [1.29, 1.82) is 0 Å². The molecule has 1 unspecified atom stereocenters. The van der Waals surface area contributed by atoms with Gasteiger partial charge in [-0.1, -0.05) is 27.3 Å². The largest absolute Gasteiger partial charge is 0.304 e. The quantitative estimate of drug-likeness (QED) is 0.729. The number of rotatable bonds is 3. The number of amides is 1. The molecule has 134 valence electrons. The summed E-state index contributed by atoms with van der Waals surface area (Å²) in [6.45, 7) is 3.73. The van der Waals surface area contributed by atoms with Gasteiger partial charge < -0.3 is 4.90 Å². The van der Waals surface area contributed by atoms with E-state index in [9.17, 15) is 13.2 Å². The zero-order chi connectivity index (χ0) is 18.5. The molecule has 2 aromatic rings. The van der Waals surface area contributed by atoms with Gasteiger partial charge in [0, 0.05) is 23.2 Å².